The molecular formula is C12H16N4O. The van der Waals surface area contributed by atoms with Crippen molar-refractivity contribution >= 4 is 0 Å². The fourth-order valence-corrected chi connectivity index (χ4v) is 1.42. The van der Waals surface area contributed by atoms with Crippen molar-refractivity contribution in [3.05, 3.63) is 47.5 Å². The normalized spacial score (nSPS) is 12.6. The SMILES string of the molecule is CC(N)c1n[nH]c(COCc2ccccc2)n1. The standard InChI is InChI=1S/C12H16N4O/c1-9(13)12-14-11(15-16-12)8-17-7-10-5-3-2-4-6-10/h2-6,9H,7-8,13H2,1H3,(H,14,15,16). The summed E-state index contributed by atoms with van der Waals surface area (Å²) in [5.41, 5.74) is 6.80. The van der Waals surface area contributed by atoms with Gasteiger partial charge in [-0.05, 0) is 12.5 Å². The van der Waals surface area contributed by atoms with Crippen LogP contribution in [0.2, 0.25) is 0 Å². The van der Waals surface area contributed by atoms with Crippen molar-refractivity contribution in [3.8, 4) is 0 Å². The topological polar surface area (TPSA) is 76.8 Å². The number of nitrogens with two attached hydrogens (primary N) is 1. The second kappa shape index (κ2) is 5.56. The first-order valence-corrected chi connectivity index (χ1v) is 5.54. The second-order valence-corrected chi connectivity index (χ2v) is 3.91. The molecule has 5 nitrogen and oxygen atoms in total. The van der Waals surface area contributed by atoms with Gasteiger partial charge in [-0.3, -0.25) is 5.10 Å². The molecule has 0 radical (unpaired) electrons. The molecule has 2 aromatic rings. The minimum Gasteiger partial charge on any atom is -0.369 e. The molecule has 3 N–H and O–H groups in total. The van der Waals surface area contributed by atoms with Crippen LogP contribution in [0.4, 0.5) is 0 Å². The van der Waals surface area contributed by atoms with E-state index in [1.807, 2.05) is 37.3 Å². The number of H-pyrrole nitrogens is 1. The Hall–Kier alpha value is -1.72. The van der Waals surface area contributed by atoms with Gasteiger partial charge in [0, 0.05) is 0 Å². The summed E-state index contributed by atoms with van der Waals surface area (Å²) in [6.07, 6.45) is 0. The maximum absolute atomic E-state index is 5.66. The van der Waals surface area contributed by atoms with Gasteiger partial charge in [0.2, 0.25) is 0 Å². The van der Waals surface area contributed by atoms with Crippen LogP contribution < -0.4 is 5.73 Å². The molecule has 0 aliphatic carbocycles. The minimum absolute atomic E-state index is 0.158. The van der Waals surface area contributed by atoms with E-state index in [4.69, 9.17) is 10.5 Å². The molecule has 1 aromatic heterocycles. The van der Waals surface area contributed by atoms with Crippen LogP contribution in [0.25, 0.3) is 0 Å². The average molecular weight is 232 g/mol. The molecule has 0 aliphatic rings. The Kier molecular flexibility index (Phi) is 3.85. The third kappa shape index (κ3) is 3.37. The Morgan fingerprint density at radius 2 is 2.06 bits per heavy atom. The highest BCUT2D eigenvalue weighted by Gasteiger charge is 2.06. The largest absolute Gasteiger partial charge is 0.369 e. The molecular weight excluding hydrogens is 216 g/mol. The van der Waals surface area contributed by atoms with Crippen LogP contribution in [-0.4, -0.2) is 15.2 Å². The lowest BCUT2D eigenvalue weighted by atomic mass is 10.2. The van der Waals surface area contributed by atoms with Gasteiger partial charge in [-0.15, -0.1) is 0 Å². The van der Waals surface area contributed by atoms with Gasteiger partial charge in [0.25, 0.3) is 0 Å². The predicted octanol–water partition coefficient (Wildman–Crippen LogP) is 1.54. The molecule has 0 amide bonds. The zero-order valence-electron chi connectivity index (χ0n) is 9.76. The molecule has 0 spiro atoms. The highest BCUT2D eigenvalue weighted by molar-refractivity contribution is 5.13. The van der Waals surface area contributed by atoms with Crippen LogP contribution in [0.1, 0.15) is 30.2 Å². The summed E-state index contributed by atoms with van der Waals surface area (Å²) in [6, 6.07) is 9.84. The Balaban J connectivity index is 1.82. The first kappa shape index (κ1) is 11.8. The molecule has 2 rings (SSSR count). The smallest absolute Gasteiger partial charge is 0.167 e. The third-order valence-corrected chi connectivity index (χ3v) is 2.31. The van der Waals surface area contributed by atoms with Crippen LogP contribution >= 0.6 is 0 Å². The van der Waals surface area contributed by atoms with E-state index in [1.54, 1.807) is 0 Å². The van der Waals surface area contributed by atoms with E-state index in [9.17, 15) is 0 Å². The molecule has 5 heteroatoms. The summed E-state index contributed by atoms with van der Waals surface area (Å²) in [6.45, 7) is 2.82. The van der Waals surface area contributed by atoms with Crippen molar-refractivity contribution in [1.82, 2.24) is 15.2 Å². The molecule has 0 bridgehead atoms. The number of benzene rings is 1. The monoisotopic (exact) mass is 232 g/mol. The van der Waals surface area contributed by atoms with Crippen molar-refractivity contribution in [1.29, 1.82) is 0 Å². The van der Waals surface area contributed by atoms with Crippen LogP contribution in [0.15, 0.2) is 30.3 Å². The Morgan fingerprint density at radius 1 is 1.29 bits per heavy atom. The first-order valence-electron chi connectivity index (χ1n) is 5.54. The van der Waals surface area contributed by atoms with Crippen LogP contribution in [0.3, 0.4) is 0 Å². The van der Waals surface area contributed by atoms with Crippen LogP contribution in [0, 0.1) is 0 Å². The van der Waals surface area contributed by atoms with Gasteiger partial charge in [-0.1, -0.05) is 30.3 Å². The molecule has 1 aromatic carbocycles. The Bertz CT molecular complexity index is 453. The van der Waals surface area contributed by atoms with Crippen molar-refractivity contribution in [2.24, 2.45) is 5.73 Å². The molecule has 17 heavy (non-hydrogen) atoms. The Morgan fingerprint density at radius 3 is 2.71 bits per heavy atom. The van der Waals surface area contributed by atoms with Gasteiger partial charge in [0.05, 0.1) is 12.6 Å². The maximum Gasteiger partial charge on any atom is 0.167 e. The second-order valence-electron chi connectivity index (χ2n) is 3.91. The van der Waals surface area contributed by atoms with E-state index in [0.29, 0.717) is 24.9 Å². The summed E-state index contributed by atoms with van der Waals surface area (Å²) < 4.78 is 5.52. The lowest BCUT2D eigenvalue weighted by Crippen LogP contribution is -2.07. The van der Waals surface area contributed by atoms with Crippen molar-refractivity contribution in [2.45, 2.75) is 26.2 Å². The molecule has 0 saturated carbocycles. The lowest BCUT2D eigenvalue weighted by molar-refractivity contribution is 0.102. The highest BCUT2D eigenvalue weighted by atomic mass is 16.5. The van der Waals surface area contributed by atoms with Crippen molar-refractivity contribution < 1.29 is 4.74 Å². The van der Waals surface area contributed by atoms with Gasteiger partial charge in [0.1, 0.15) is 6.61 Å². The number of aromatic nitrogens is 3. The van der Waals surface area contributed by atoms with Crippen LogP contribution in [-0.2, 0) is 18.0 Å². The van der Waals surface area contributed by atoms with Crippen molar-refractivity contribution in [2.75, 3.05) is 0 Å². The molecule has 1 heterocycles. The number of rotatable bonds is 5. The first-order chi connectivity index (χ1) is 8.25. The number of nitrogens with one attached hydrogen (secondary N) is 1. The summed E-state index contributed by atoms with van der Waals surface area (Å²) in [5.74, 6) is 1.32. The number of hydrogen-bond acceptors (Lipinski definition) is 4. The number of ether oxygens (including phenoxy) is 1. The van der Waals surface area contributed by atoms with Gasteiger partial charge >= 0.3 is 0 Å². The summed E-state index contributed by atoms with van der Waals surface area (Å²) in [4.78, 5) is 4.22. The maximum atomic E-state index is 5.66. The summed E-state index contributed by atoms with van der Waals surface area (Å²) in [7, 11) is 0. The molecule has 90 valence electrons. The number of aromatic amines is 1. The van der Waals surface area contributed by atoms with E-state index < -0.39 is 0 Å². The van der Waals surface area contributed by atoms with Gasteiger partial charge in [-0.25, -0.2) is 4.98 Å². The predicted molar refractivity (Wildman–Crippen MR) is 63.9 cm³/mol. The molecule has 0 fully saturated rings. The Labute approximate surface area is 100 Å². The van der Waals surface area contributed by atoms with Gasteiger partial charge < -0.3 is 10.5 Å². The summed E-state index contributed by atoms with van der Waals surface area (Å²) in [5, 5.41) is 6.81. The summed E-state index contributed by atoms with van der Waals surface area (Å²) >= 11 is 0. The molecule has 0 aliphatic heterocycles. The van der Waals surface area contributed by atoms with Gasteiger partial charge in [0.15, 0.2) is 11.6 Å². The number of hydrogen-bond donors (Lipinski definition) is 2. The van der Waals surface area contributed by atoms with Crippen LogP contribution in [0.5, 0.6) is 0 Å². The fraction of sp³-hybridized carbons (Fsp3) is 0.333. The zero-order chi connectivity index (χ0) is 12.1. The zero-order valence-corrected chi connectivity index (χ0v) is 9.76. The van der Waals surface area contributed by atoms with E-state index in [-0.39, 0.29) is 6.04 Å². The van der Waals surface area contributed by atoms with Gasteiger partial charge in [-0.2, -0.15) is 5.10 Å². The van der Waals surface area contributed by atoms with E-state index in [2.05, 4.69) is 15.2 Å². The minimum atomic E-state index is -0.158. The van der Waals surface area contributed by atoms with E-state index in [0.717, 1.165) is 5.56 Å². The van der Waals surface area contributed by atoms with E-state index >= 15 is 0 Å². The van der Waals surface area contributed by atoms with E-state index in [1.165, 1.54) is 0 Å². The third-order valence-electron chi connectivity index (χ3n) is 2.31. The molecule has 1 atom stereocenters. The lowest BCUT2D eigenvalue weighted by Gasteiger charge is -2.01. The highest BCUT2D eigenvalue weighted by Crippen LogP contribution is 2.05. The average Bonchev–Trinajstić information content (AvgIpc) is 2.79. The molecule has 1 unspecified atom stereocenters. The fourth-order valence-electron chi connectivity index (χ4n) is 1.42. The quantitative estimate of drug-likeness (QED) is 0.819. The molecule has 0 saturated heterocycles. The van der Waals surface area contributed by atoms with Crippen molar-refractivity contribution in [3.63, 3.8) is 0 Å². The number of nitrogens with zero attached hydrogens (tertiary/aromatic N) is 2.